The number of aliphatic hydroxyl groups excluding tert-OH is 1. The number of hydrogen-bond acceptors (Lipinski definition) is 6. The highest BCUT2D eigenvalue weighted by atomic mass is 32.2. The van der Waals surface area contributed by atoms with E-state index in [1.165, 1.54) is 36.0 Å². The number of aliphatic hydroxyl groups is 1. The van der Waals surface area contributed by atoms with Crippen LogP contribution in [0.2, 0.25) is 0 Å². The maximum atomic E-state index is 11.1. The van der Waals surface area contributed by atoms with E-state index in [0.29, 0.717) is 22.6 Å². The summed E-state index contributed by atoms with van der Waals surface area (Å²) in [6.45, 7) is 0. The SMILES string of the molecule is Oc1ccc(C2Oc3cc(O)cc(O)c3C(SCc3ccccc3)C2O)cc1. The van der Waals surface area contributed by atoms with Crippen LogP contribution in [-0.4, -0.2) is 26.5 Å². The highest BCUT2D eigenvalue weighted by Crippen LogP contribution is 2.52. The maximum Gasteiger partial charge on any atom is 0.151 e. The molecule has 0 saturated carbocycles. The minimum Gasteiger partial charge on any atom is -0.508 e. The van der Waals surface area contributed by atoms with Crippen molar-refractivity contribution in [3.63, 3.8) is 0 Å². The van der Waals surface area contributed by atoms with Crippen LogP contribution in [0, 0.1) is 0 Å². The number of ether oxygens (including phenoxy) is 1. The third-order valence-corrected chi connectivity index (χ3v) is 6.13. The average molecular weight is 396 g/mol. The van der Waals surface area contributed by atoms with Gasteiger partial charge in [-0.05, 0) is 23.3 Å². The maximum absolute atomic E-state index is 11.1. The molecule has 5 nitrogen and oxygen atoms in total. The third kappa shape index (κ3) is 3.61. The van der Waals surface area contributed by atoms with Gasteiger partial charge < -0.3 is 25.2 Å². The Hall–Kier alpha value is -2.83. The number of fused-ring (bicyclic) bond motifs is 1. The summed E-state index contributed by atoms with van der Waals surface area (Å²) < 4.78 is 5.95. The first-order chi connectivity index (χ1) is 13.5. The summed E-state index contributed by atoms with van der Waals surface area (Å²) in [5.74, 6) is 0.892. The molecule has 6 heteroatoms. The van der Waals surface area contributed by atoms with Crippen molar-refractivity contribution in [3.8, 4) is 23.0 Å². The second kappa shape index (κ2) is 7.66. The van der Waals surface area contributed by atoms with Gasteiger partial charge in [-0.1, -0.05) is 42.5 Å². The van der Waals surface area contributed by atoms with Crippen molar-refractivity contribution >= 4 is 11.8 Å². The van der Waals surface area contributed by atoms with E-state index in [4.69, 9.17) is 4.74 Å². The molecule has 0 fully saturated rings. The summed E-state index contributed by atoms with van der Waals surface area (Å²) in [5.41, 5.74) is 2.28. The van der Waals surface area contributed by atoms with E-state index in [9.17, 15) is 20.4 Å². The third-order valence-electron chi connectivity index (χ3n) is 4.76. The molecule has 3 unspecified atom stereocenters. The Morgan fingerprint density at radius 1 is 0.857 bits per heavy atom. The van der Waals surface area contributed by atoms with E-state index in [2.05, 4.69) is 0 Å². The number of phenolic OH excluding ortho intramolecular Hbond substituents is 3. The Balaban J connectivity index is 1.70. The fourth-order valence-corrected chi connectivity index (χ4v) is 4.70. The van der Waals surface area contributed by atoms with Gasteiger partial charge in [-0.2, -0.15) is 0 Å². The fraction of sp³-hybridized carbons (Fsp3) is 0.182. The van der Waals surface area contributed by atoms with Crippen LogP contribution >= 0.6 is 11.8 Å². The van der Waals surface area contributed by atoms with Crippen LogP contribution < -0.4 is 4.74 Å². The molecule has 144 valence electrons. The molecule has 0 aliphatic carbocycles. The van der Waals surface area contributed by atoms with E-state index >= 15 is 0 Å². The van der Waals surface area contributed by atoms with Crippen LogP contribution in [0.5, 0.6) is 23.0 Å². The Morgan fingerprint density at radius 3 is 2.29 bits per heavy atom. The molecule has 28 heavy (non-hydrogen) atoms. The van der Waals surface area contributed by atoms with E-state index < -0.39 is 17.5 Å². The second-order valence-electron chi connectivity index (χ2n) is 6.71. The minimum absolute atomic E-state index is 0.107. The van der Waals surface area contributed by atoms with Crippen molar-refractivity contribution < 1.29 is 25.2 Å². The normalized spacial score (nSPS) is 21.0. The molecule has 0 saturated heterocycles. The molecule has 0 amide bonds. The van der Waals surface area contributed by atoms with Gasteiger partial charge in [-0.3, -0.25) is 0 Å². The number of hydrogen-bond donors (Lipinski definition) is 4. The van der Waals surface area contributed by atoms with Gasteiger partial charge in [-0.15, -0.1) is 11.8 Å². The van der Waals surface area contributed by atoms with Crippen LogP contribution in [-0.2, 0) is 5.75 Å². The Kier molecular flexibility index (Phi) is 5.07. The van der Waals surface area contributed by atoms with Gasteiger partial charge in [0.25, 0.3) is 0 Å². The number of phenols is 3. The zero-order valence-electron chi connectivity index (χ0n) is 14.9. The van der Waals surface area contributed by atoms with Gasteiger partial charge in [0.2, 0.25) is 0 Å². The molecule has 0 bridgehead atoms. The zero-order chi connectivity index (χ0) is 19.7. The number of aromatic hydroxyl groups is 3. The number of thioether (sulfide) groups is 1. The van der Waals surface area contributed by atoms with Crippen LogP contribution in [0.3, 0.4) is 0 Å². The van der Waals surface area contributed by atoms with E-state index in [1.54, 1.807) is 12.1 Å². The summed E-state index contributed by atoms with van der Waals surface area (Å²) in [6, 6.07) is 19.0. The summed E-state index contributed by atoms with van der Waals surface area (Å²) >= 11 is 1.50. The smallest absolute Gasteiger partial charge is 0.151 e. The van der Waals surface area contributed by atoms with E-state index in [1.807, 2.05) is 30.3 Å². The van der Waals surface area contributed by atoms with Crippen molar-refractivity contribution in [2.45, 2.75) is 23.2 Å². The first-order valence-corrected chi connectivity index (χ1v) is 9.93. The monoisotopic (exact) mass is 396 g/mol. The van der Waals surface area contributed by atoms with Gasteiger partial charge in [-0.25, -0.2) is 0 Å². The van der Waals surface area contributed by atoms with Gasteiger partial charge in [0, 0.05) is 17.9 Å². The summed E-state index contributed by atoms with van der Waals surface area (Å²) in [6.07, 6.45) is -1.62. The van der Waals surface area contributed by atoms with Gasteiger partial charge >= 0.3 is 0 Å². The first-order valence-electron chi connectivity index (χ1n) is 8.88. The van der Waals surface area contributed by atoms with Gasteiger partial charge in [0.1, 0.15) is 29.1 Å². The van der Waals surface area contributed by atoms with Crippen LogP contribution in [0.15, 0.2) is 66.7 Å². The molecule has 1 aliphatic heterocycles. The molecule has 4 rings (SSSR count). The van der Waals surface area contributed by atoms with Crippen LogP contribution in [0.25, 0.3) is 0 Å². The van der Waals surface area contributed by atoms with Crippen LogP contribution in [0.4, 0.5) is 0 Å². The molecular formula is C22H20O5S. The number of benzene rings is 3. The van der Waals surface area contributed by atoms with E-state index in [-0.39, 0.29) is 17.2 Å². The van der Waals surface area contributed by atoms with Crippen molar-refractivity contribution in [2.24, 2.45) is 0 Å². The van der Waals surface area contributed by atoms with E-state index in [0.717, 1.165) is 5.56 Å². The Labute approximate surface area is 166 Å². The van der Waals surface area contributed by atoms with Crippen molar-refractivity contribution in [1.82, 2.24) is 0 Å². The Bertz CT molecular complexity index is 959. The number of rotatable bonds is 4. The quantitative estimate of drug-likeness (QED) is 0.527. The lowest BCUT2D eigenvalue weighted by atomic mass is 9.93. The average Bonchev–Trinajstić information content (AvgIpc) is 2.68. The van der Waals surface area contributed by atoms with Gasteiger partial charge in [0.15, 0.2) is 6.10 Å². The lowest BCUT2D eigenvalue weighted by Crippen LogP contribution is -2.33. The molecule has 0 radical (unpaired) electrons. The Morgan fingerprint density at radius 2 is 1.57 bits per heavy atom. The predicted octanol–water partition coefficient (Wildman–Crippen LogP) is 4.27. The molecule has 1 aliphatic rings. The highest BCUT2D eigenvalue weighted by molar-refractivity contribution is 7.98. The van der Waals surface area contributed by atoms with Crippen molar-refractivity contribution in [1.29, 1.82) is 0 Å². The summed E-state index contributed by atoms with van der Waals surface area (Å²) in [5, 5.41) is 40.5. The lowest BCUT2D eigenvalue weighted by Gasteiger charge is -2.37. The summed E-state index contributed by atoms with van der Waals surface area (Å²) in [7, 11) is 0. The standard InChI is InChI=1S/C22H20O5S/c23-15-8-6-14(7-9-15)21-20(26)22(28-12-13-4-2-1-3-5-13)19-17(25)10-16(24)11-18(19)27-21/h1-11,20-26H,12H2. The molecule has 3 aromatic rings. The van der Waals surface area contributed by atoms with Crippen molar-refractivity contribution in [3.05, 3.63) is 83.4 Å². The second-order valence-corrected chi connectivity index (χ2v) is 7.84. The highest BCUT2D eigenvalue weighted by Gasteiger charge is 2.40. The molecule has 0 aromatic heterocycles. The first kappa shape index (κ1) is 18.5. The molecule has 3 aromatic carbocycles. The summed E-state index contributed by atoms with van der Waals surface area (Å²) in [4.78, 5) is 0. The molecule has 0 spiro atoms. The zero-order valence-corrected chi connectivity index (χ0v) is 15.7. The topological polar surface area (TPSA) is 90.2 Å². The fourth-order valence-electron chi connectivity index (χ4n) is 3.39. The minimum atomic E-state index is -0.929. The van der Waals surface area contributed by atoms with Crippen molar-refractivity contribution in [2.75, 3.05) is 0 Å². The molecular weight excluding hydrogens is 376 g/mol. The largest absolute Gasteiger partial charge is 0.508 e. The van der Waals surface area contributed by atoms with Crippen LogP contribution in [0.1, 0.15) is 28.0 Å². The molecule has 1 heterocycles. The lowest BCUT2D eigenvalue weighted by molar-refractivity contribution is 0.0175. The van der Waals surface area contributed by atoms with Gasteiger partial charge in [0.05, 0.1) is 10.8 Å². The molecule has 3 atom stereocenters. The predicted molar refractivity (Wildman–Crippen MR) is 108 cm³/mol. The molecule has 4 N–H and O–H groups in total.